The van der Waals surface area contributed by atoms with E-state index in [1.54, 1.807) is 35.2 Å². The predicted molar refractivity (Wildman–Crippen MR) is 110 cm³/mol. The Bertz CT molecular complexity index is 775. The van der Waals surface area contributed by atoms with Crippen molar-refractivity contribution in [3.8, 4) is 5.75 Å². The molecule has 7 heteroatoms. The largest absolute Gasteiger partial charge is 0.483 e. The number of anilines is 1. The lowest BCUT2D eigenvalue weighted by Crippen LogP contribution is -2.30. The second-order valence-corrected chi connectivity index (χ2v) is 7.24. The molecule has 0 saturated heterocycles. The fourth-order valence-electron chi connectivity index (χ4n) is 2.32. The summed E-state index contributed by atoms with van der Waals surface area (Å²) in [7, 11) is 0. The molecule has 0 aromatic heterocycles. The first kappa shape index (κ1) is 20.5. The van der Waals surface area contributed by atoms with Crippen LogP contribution in [-0.2, 0) is 4.79 Å². The molecular weight excluding hydrogens is 464 g/mol. The molecular formula is C19H20Br2N2O3. The number of amides is 2. The summed E-state index contributed by atoms with van der Waals surface area (Å²) in [6.45, 7) is 5.10. The number of halogens is 2. The number of hydrogen-bond donors (Lipinski definition) is 1. The highest BCUT2D eigenvalue weighted by Gasteiger charge is 2.12. The second kappa shape index (κ2) is 9.73. The van der Waals surface area contributed by atoms with Gasteiger partial charge in [-0.2, -0.15) is 0 Å². The van der Waals surface area contributed by atoms with Crippen molar-refractivity contribution in [1.29, 1.82) is 0 Å². The van der Waals surface area contributed by atoms with Crippen LogP contribution in [0, 0.1) is 0 Å². The molecule has 138 valence electrons. The molecule has 0 radical (unpaired) electrons. The Morgan fingerprint density at radius 1 is 1.04 bits per heavy atom. The van der Waals surface area contributed by atoms with E-state index >= 15 is 0 Å². The molecule has 0 saturated carbocycles. The van der Waals surface area contributed by atoms with Crippen molar-refractivity contribution in [2.45, 2.75) is 13.8 Å². The molecule has 0 bridgehead atoms. The highest BCUT2D eigenvalue weighted by Crippen LogP contribution is 2.28. The summed E-state index contributed by atoms with van der Waals surface area (Å²) in [4.78, 5) is 26.1. The molecule has 2 aromatic carbocycles. The van der Waals surface area contributed by atoms with E-state index in [2.05, 4.69) is 37.2 Å². The number of hydrogen-bond acceptors (Lipinski definition) is 3. The van der Waals surface area contributed by atoms with Gasteiger partial charge in [0.1, 0.15) is 5.75 Å². The Kier molecular flexibility index (Phi) is 7.66. The number of ether oxygens (including phenoxy) is 1. The van der Waals surface area contributed by atoms with E-state index < -0.39 is 0 Å². The minimum absolute atomic E-state index is 0.0173. The fraction of sp³-hybridized carbons (Fsp3) is 0.263. The molecule has 0 atom stereocenters. The summed E-state index contributed by atoms with van der Waals surface area (Å²) >= 11 is 6.75. The first-order valence-electron chi connectivity index (χ1n) is 8.21. The minimum Gasteiger partial charge on any atom is -0.483 e. The summed E-state index contributed by atoms with van der Waals surface area (Å²) in [6, 6.07) is 12.3. The normalized spacial score (nSPS) is 10.3. The smallest absolute Gasteiger partial charge is 0.262 e. The Morgan fingerprint density at radius 2 is 1.69 bits per heavy atom. The van der Waals surface area contributed by atoms with E-state index in [9.17, 15) is 9.59 Å². The summed E-state index contributed by atoms with van der Waals surface area (Å²) in [6.07, 6.45) is 0. The van der Waals surface area contributed by atoms with Crippen molar-refractivity contribution in [3.05, 3.63) is 57.0 Å². The summed E-state index contributed by atoms with van der Waals surface area (Å²) in [5, 5.41) is 2.75. The monoisotopic (exact) mass is 482 g/mol. The highest BCUT2D eigenvalue weighted by molar-refractivity contribution is 9.11. The SMILES string of the molecule is CCN(CC)C(=O)c1ccc(NC(=O)COc2ccc(Br)cc2Br)cc1. The Morgan fingerprint density at radius 3 is 2.27 bits per heavy atom. The lowest BCUT2D eigenvalue weighted by Gasteiger charge is -2.18. The maximum absolute atomic E-state index is 12.3. The van der Waals surface area contributed by atoms with Crippen molar-refractivity contribution in [1.82, 2.24) is 4.90 Å². The maximum atomic E-state index is 12.3. The van der Waals surface area contributed by atoms with Crippen molar-refractivity contribution >= 4 is 49.4 Å². The average Bonchev–Trinajstić information content (AvgIpc) is 2.62. The van der Waals surface area contributed by atoms with Gasteiger partial charge in [0.25, 0.3) is 11.8 Å². The van der Waals surface area contributed by atoms with Gasteiger partial charge in [-0.25, -0.2) is 0 Å². The van der Waals surface area contributed by atoms with Gasteiger partial charge in [0.05, 0.1) is 4.47 Å². The van der Waals surface area contributed by atoms with Crippen LogP contribution in [0.15, 0.2) is 51.4 Å². The molecule has 2 amide bonds. The number of benzene rings is 2. The first-order chi connectivity index (χ1) is 12.4. The van der Waals surface area contributed by atoms with Gasteiger partial charge in [0.15, 0.2) is 6.61 Å². The van der Waals surface area contributed by atoms with E-state index in [-0.39, 0.29) is 18.4 Å². The fourth-order valence-corrected chi connectivity index (χ4v) is 3.48. The van der Waals surface area contributed by atoms with E-state index in [1.807, 2.05) is 26.0 Å². The van der Waals surface area contributed by atoms with Gasteiger partial charge in [-0.15, -0.1) is 0 Å². The van der Waals surface area contributed by atoms with Gasteiger partial charge in [0, 0.05) is 28.8 Å². The van der Waals surface area contributed by atoms with Gasteiger partial charge in [-0.3, -0.25) is 9.59 Å². The summed E-state index contributed by atoms with van der Waals surface area (Å²) in [5.41, 5.74) is 1.21. The van der Waals surface area contributed by atoms with Crippen LogP contribution in [-0.4, -0.2) is 36.4 Å². The molecule has 26 heavy (non-hydrogen) atoms. The van der Waals surface area contributed by atoms with Crippen LogP contribution < -0.4 is 10.1 Å². The van der Waals surface area contributed by atoms with Gasteiger partial charge in [0.2, 0.25) is 0 Å². The average molecular weight is 484 g/mol. The molecule has 0 unspecified atom stereocenters. The summed E-state index contributed by atoms with van der Waals surface area (Å²) in [5.74, 6) is 0.294. The van der Waals surface area contributed by atoms with Gasteiger partial charge in [-0.05, 0) is 72.2 Å². The van der Waals surface area contributed by atoms with Gasteiger partial charge < -0.3 is 15.0 Å². The first-order valence-corrected chi connectivity index (χ1v) is 9.80. The Hall–Kier alpha value is -1.86. The van der Waals surface area contributed by atoms with Crippen LogP contribution >= 0.6 is 31.9 Å². The second-order valence-electron chi connectivity index (χ2n) is 5.47. The molecule has 0 spiro atoms. The molecule has 5 nitrogen and oxygen atoms in total. The topological polar surface area (TPSA) is 58.6 Å². The van der Waals surface area contributed by atoms with Crippen LogP contribution in [0.1, 0.15) is 24.2 Å². The number of rotatable bonds is 7. The molecule has 0 aliphatic carbocycles. The predicted octanol–water partition coefficient (Wildman–Crippen LogP) is 4.71. The Balaban J connectivity index is 1.92. The molecule has 0 aliphatic heterocycles. The van der Waals surface area contributed by atoms with Crippen molar-refractivity contribution < 1.29 is 14.3 Å². The zero-order valence-corrected chi connectivity index (χ0v) is 17.8. The lowest BCUT2D eigenvalue weighted by atomic mass is 10.2. The van der Waals surface area contributed by atoms with Crippen LogP contribution in [0.3, 0.4) is 0 Å². The van der Waals surface area contributed by atoms with Crippen molar-refractivity contribution in [3.63, 3.8) is 0 Å². The molecule has 2 rings (SSSR count). The van der Waals surface area contributed by atoms with Gasteiger partial charge in [-0.1, -0.05) is 15.9 Å². The van der Waals surface area contributed by atoms with E-state index in [0.717, 1.165) is 8.95 Å². The highest BCUT2D eigenvalue weighted by atomic mass is 79.9. The van der Waals surface area contributed by atoms with Crippen LogP contribution in [0.2, 0.25) is 0 Å². The van der Waals surface area contributed by atoms with E-state index in [4.69, 9.17) is 4.74 Å². The quantitative estimate of drug-likeness (QED) is 0.620. The van der Waals surface area contributed by atoms with E-state index in [0.29, 0.717) is 30.1 Å². The number of nitrogens with zero attached hydrogens (tertiary/aromatic N) is 1. The number of nitrogens with one attached hydrogen (secondary N) is 1. The number of carbonyl (C=O) groups is 2. The molecule has 2 aromatic rings. The zero-order valence-electron chi connectivity index (χ0n) is 14.6. The maximum Gasteiger partial charge on any atom is 0.262 e. The third kappa shape index (κ3) is 5.57. The molecule has 0 heterocycles. The molecule has 0 aliphatic rings. The van der Waals surface area contributed by atoms with Crippen LogP contribution in [0.25, 0.3) is 0 Å². The third-order valence-corrected chi connectivity index (χ3v) is 4.83. The standard InChI is InChI=1S/C19H20Br2N2O3/c1-3-23(4-2)19(25)13-5-8-15(9-6-13)22-18(24)12-26-17-10-7-14(20)11-16(17)21/h5-11H,3-4,12H2,1-2H3,(H,22,24). The third-order valence-electron chi connectivity index (χ3n) is 3.72. The molecule has 0 fully saturated rings. The number of carbonyl (C=O) groups excluding carboxylic acids is 2. The molecule has 1 N–H and O–H groups in total. The Labute approximate surface area is 170 Å². The van der Waals surface area contributed by atoms with Crippen molar-refractivity contribution in [2.24, 2.45) is 0 Å². The van der Waals surface area contributed by atoms with Crippen molar-refractivity contribution in [2.75, 3.05) is 25.0 Å². The van der Waals surface area contributed by atoms with Crippen LogP contribution in [0.4, 0.5) is 5.69 Å². The van der Waals surface area contributed by atoms with Gasteiger partial charge >= 0.3 is 0 Å². The minimum atomic E-state index is -0.275. The summed E-state index contributed by atoms with van der Waals surface area (Å²) < 4.78 is 7.19. The zero-order chi connectivity index (χ0) is 19.1. The van der Waals surface area contributed by atoms with Crippen LogP contribution in [0.5, 0.6) is 5.75 Å². The lowest BCUT2D eigenvalue weighted by molar-refractivity contribution is -0.118. The van der Waals surface area contributed by atoms with E-state index in [1.165, 1.54) is 0 Å².